The first-order valence-electron chi connectivity index (χ1n) is 6.92. The number of hydrogen-bond acceptors (Lipinski definition) is 3. The number of halogens is 5. The van der Waals surface area contributed by atoms with Crippen molar-refractivity contribution in [2.75, 3.05) is 14.2 Å². The van der Waals surface area contributed by atoms with Crippen molar-refractivity contribution in [2.45, 2.75) is 6.18 Å². The number of nitrogens with zero attached hydrogens (tertiary/aromatic N) is 2. The largest absolute Gasteiger partial charge is 0.496 e. The van der Waals surface area contributed by atoms with Crippen LogP contribution in [0.3, 0.4) is 0 Å². The Labute approximate surface area is 144 Å². The number of hydrogen-bond donors (Lipinski definition) is 0. The summed E-state index contributed by atoms with van der Waals surface area (Å²) in [6.07, 6.45) is -2.30. The van der Waals surface area contributed by atoms with Crippen LogP contribution in [0.4, 0.5) is 17.6 Å². The van der Waals surface area contributed by atoms with Gasteiger partial charge in [-0.3, -0.25) is 4.40 Å². The Balaban J connectivity index is 2.40. The van der Waals surface area contributed by atoms with E-state index >= 15 is 0 Å². The van der Waals surface area contributed by atoms with Crippen molar-refractivity contribution in [3.8, 4) is 22.6 Å². The van der Waals surface area contributed by atoms with E-state index in [1.54, 1.807) is 0 Å². The highest BCUT2D eigenvalue weighted by Gasteiger charge is 2.36. The first kappa shape index (κ1) is 17.3. The van der Waals surface area contributed by atoms with Crippen LogP contribution in [0.15, 0.2) is 30.6 Å². The van der Waals surface area contributed by atoms with Crippen LogP contribution in [0.25, 0.3) is 16.8 Å². The zero-order chi connectivity index (χ0) is 18.4. The van der Waals surface area contributed by atoms with E-state index in [0.29, 0.717) is 0 Å². The van der Waals surface area contributed by atoms with Crippen LogP contribution in [-0.4, -0.2) is 23.6 Å². The molecule has 3 aromatic rings. The predicted molar refractivity (Wildman–Crippen MR) is 83.7 cm³/mol. The quantitative estimate of drug-likeness (QED) is 0.616. The standard InChI is InChI=1S/C16H11ClF4N2O2/c1-24-11-5-8(10(18)6-9(11)17)14-12(25-2)7-13(16(19,20)21)23-4-3-22-15(14)23/h3-7H,1-2H3. The van der Waals surface area contributed by atoms with Crippen LogP contribution in [-0.2, 0) is 6.18 Å². The summed E-state index contributed by atoms with van der Waals surface area (Å²) in [7, 11) is 2.54. The average Bonchev–Trinajstić information content (AvgIpc) is 3.02. The van der Waals surface area contributed by atoms with Crippen molar-refractivity contribution < 1.29 is 27.0 Å². The number of imidazole rings is 1. The minimum atomic E-state index is -4.64. The summed E-state index contributed by atoms with van der Waals surface area (Å²) in [4.78, 5) is 3.94. The molecule has 0 atom stereocenters. The average molecular weight is 375 g/mol. The third-order valence-electron chi connectivity index (χ3n) is 3.66. The Bertz CT molecular complexity index is 953. The van der Waals surface area contributed by atoms with Crippen molar-refractivity contribution in [3.63, 3.8) is 0 Å². The second-order valence-corrected chi connectivity index (χ2v) is 5.47. The molecule has 2 heterocycles. The molecule has 0 radical (unpaired) electrons. The highest BCUT2D eigenvalue weighted by atomic mass is 35.5. The zero-order valence-electron chi connectivity index (χ0n) is 13.0. The summed E-state index contributed by atoms with van der Waals surface area (Å²) < 4.78 is 65.3. The molecule has 1 aromatic carbocycles. The van der Waals surface area contributed by atoms with Crippen LogP contribution < -0.4 is 9.47 Å². The van der Waals surface area contributed by atoms with Gasteiger partial charge in [-0.15, -0.1) is 0 Å². The second kappa shape index (κ2) is 6.11. The Hall–Kier alpha value is -2.48. The molecule has 9 heteroatoms. The molecule has 132 valence electrons. The number of pyridine rings is 1. The lowest BCUT2D eigenvalue weighted by Gasteiger charge is -2.17. The lowest BCUT2D eigenvalue weighted by Crippen LogP contribution is -2.12. The van der Waals surface area contributed by atoms with Gasteiger partial charge >= 0.3 is 6.18 Å². The van der Waals surface area contributed by atoms with Gasteiger partial charge in [0.05, 0.1) is 24.8 Å². The van der Waals surface area contributed by atoms with E-state index in [0.717, 1.165) is 22.7 Å². The number of ether oxygens (including phenoxy) is 2. The Morgan fingerprint density at radius 3 is 2.36 bits per heavy atom. The Morgan fingerprint density at radius 1 is 1.08 bits per heavy atom. The maximum absolute atomic E-state index is 14.5. The van der Waals surface area contributed by atoms with E-state index in [2.05, 4.69) is 4.98 Å². The molecule has 0 aliphatic carbocycles. The Morgan fingerprint density at radius 2 is 1.76 bits per heavy atom. The van der Waals surface area contributed by atoms with Crippen molar-refractivity contribution in [1.29, 1.82) is 0 Å². The van der Waals surface area contributed by atoms with Gasteiger partial charge in [0.25, 0.3) is 0 Å². The number of aromatic nitrogens is 2. The van der Waals surface area contributed by atoms with E-state index < -0.39 is 17.7 Å². The fourth-order valence-corrected chi connectivity index (χ4v) is 2.80. The molecule has 0 N–H and O–H groups in total. The molecular formula is C16H11ClF4N2O2. The number of alkyl halides is 3. The lowest BCUT2D eigenvalue weighted by molar-refractivity contribution is -0.142. The topological polar surface area (TPSA) is 35.8 Å². The fourth-order valence-electron chi connectivity index (χ4n) is 2.57. The first-order chi connectivity index (χ1) is 11.8. The molecule has 25 heavy (non-hydrogen) atoms. The molecule has 0 fully saturated rings. The first-order valence-corrected chi connectivity index (χ1v) is 7.30. The normalized spacial score (nSPS) is 11.8. The van der Waals surface area contributed by atoms with Gasteiger partial charge in [-0.05, 0) is 12.1 Å². The molecule has 4 nitrogen and oxygen atoms in total. The Kier molecular flexibility index (Phi) is 4.24. The highest BCUT2D eigenvalue weighted by molar-refractivity contribution is 6.32. The molecule has 0 unspecified atom stereocenters. The van der Waals surface area contributed by atoms with Crippen molar-refractivity contribution in [1.82, 2.24) is 9.38 Å². The van der Waals surface area contributed by atoms with E-state index in [-0.39, 0.29) is 33.3 Å². The van der Waals surface area contributed by atoms with Crippen LogP contribution in [0.1, 0.15) is 5.69 Å². The third-order valence-corrected chi connectivity index (χ3v) is 3.95. The molecule has 0 bridgehead atoms. The van der Waals surface area contributed by atoms with Gasteiger partial charge in [-0.2, -0.15) is 13.2 Å². The van der Waals surface area contributed by atoms with E-state index in [1.807, 2.05) is 0 Å². The van der Waals surface area contributed by atoms with Crippen molar-refractivity contribution in [3.05, 3.63) is 47.1 Å². The molecule has 0 saturated carbocycles. The molecular weight excluding hydrogens is 364 g/mol. The minimum absolute atomic E-state index is 0.0361. The summed E-state index contributed by atoms with van der Waals surface area (Å²) in [5.41, 5.74) is -1.06. The van der Waals surface area contributed by atoms with Crippen LogP contribution in [0.2, 0.25) is 5.02 Å². The summed E-state index contributed by atoms with van der Waals surface area (Å²) in [5.74, 6) is -0.743. The van der Waals surface area contributed by atoms with E-state index in [9.17, 15) is 17.6 Å². The summed E-state index contributed by atoms with van der Waals surface area (Å²) in [5, 5.41) is 0.0361. The predicted octanol–water partition coefficient (Wildman–Crippen LogP) is 4.83. The summed E-state index contributed by atoms with van der Waals surface area (Å²) in [6, 6.07) is 3.11. The number of methoxy groups -OCH3 is 2. The zero-order valence-corrected chi connectivity index (χ0v) is 13.7. The summed E-state index contributed by atoms with van der Waals surface area (Å²) in [6.45, 7) is 0. The van der Waals surface area contributed by atoms with Gasteiger partial charge in [0.15, 0.2) is 0 Å². The van der Waals surface area contributed by atoms with Gasteiger partial charge < -0.3 is 9.47 Å². The summed E-state index contributed by atoms with van der Waals surface area (Å²) >= 11 is 5.88. The van der Waals surface area contributed by atoms with E-state index in [4.69, 9.17) is 21.1 Å². The van der Waals surface area contributed by atoms with Crippen molar-refractivity contribution >= 4 is 17.2 Å². The highest BCUT2D eigenvalue weighted by Crippen LogP contribution is 2.42. The van der Waals surface area contributed by atoms with E-state index in [1.165, 1.54) is 26.5 Å². The molecule has 0 amide bonds. The molecule has 0 spiro atoms. The molecule has 2 aromatic heterocycles. The van der Waals surface area contributed by atoms with Gasteiger partial charge in [-0.25, -0.2) is 9.37 Å². The third kappa shape index (κ3) is 2.86. The minimum Gasteiger partial charge on any atom is -0.496 e. The van der Waals surface area contributed by atoms with Gasteiger partial charge in [-0.1, -0.05) is 11.6 Å². The maximum Gasteiger partial charge on any atom is 0.431 e. The number of benzene rings is 1. The smallest absolute Gasteiger partial charge is 0.431 e. The van der Waals surface area contributed by atoms with Gasteiger partial charge in [0.1, 0.15) is 28.7 Å². The SMILES string of the molecule is COc1cc(-c2c(OC)cc(C(F)(F)F)n3ccnc23)c(F)cc1Cl. The van der Waals surface area contributed by atoms with Crippen LogP contribution in [0.5, 0.6) is 11.5 Å². The molecule has 3 rings (SSSR count). The maximum atomic E-state index is 14.5. The molecule has 0 saturated heterocycles. The van der Waals surface area contributed by atoms with Gasteiger partial charge in [0, 0.05) is 24.0 Å². The van der Waals surface area contributed by atoms with Crippen LogP contribution in [0, 0.1) is 5.82 Å². The van der Waals surface area contributed by atoms with Crippen LogP contribution >= 0.6 is 11.6 Å². The number of rotatable bonds is 3. The monoisotopic (exact) mass is 374 g/mol. The van der Waals surface area contributed by atoms with Gasteiger partial charge in [0.2, 0.25) is 0 Å². The molecule has 0 aliphatic heterocycles. The molecule has 0 aliphatic rings. The van der Waals surface area contributed by atoms with Crippen molar-refractivity contribution in [2.24, 2.45) is 0 Å². The number of fused-ring (bicyclic) bond motifs is 1. The fraction of sp³-hybridized carbons (Fsp3) is 0.188. The lowest BCUT2D eigenvalue weighted by atomic mass is 10.0. The second-order valence-electron chi connectivity index (χ2n) is 5.06.